The number of thiazole rings is 1. The average molecular weight is 339 g/mol. The highest BCUT2D eigenvalue weighted by Gasteiger charge is 2.25. The highest BCUT2D eigenvalue weighted by Crippen LogP contribution is 2.39. The van der Waals surface area contributed by atoms with Crippen LogP contribution in [-0.4, -0.2) is 11.5 Å². The Kier molecular flexibility index (Phi) is 4.43. The standard InChI is InChI=1S/C15H19BrN2S/c1-10-13(15(2,3)8-9-17)19-14(18-10)11-6-4-5-7-12(11)16/h4-7H,8-9,17H2,1-3H3. The minimum absolute atomic E-state index is 0.0933. The van der Waals surface area contributed by atoms with Crippen LogP contribution in [0.25, 0.3) is 10.6 Å². The smallest absolute Gasteiger partial charge is 0.125 e. The molecule has 0 fully saturated rings. The molecule has 0 atom stereocenters. The second kappa shape index (κ2) is 5.73. The molecule has 2 N–H and O–H groups in total. The van der Waals surface area contributed by atoms with E-state index in [-0.39, 0.29) is 5.41 Å². The Morgan fingerprint density at radius 2 is 2.00 bits per heavy atom. The maximum absolute atomic E-state index is 5.72. The number of hydrogen-bond acceptors (Lipinski definition) is 3. The van der Waals surface area contributed by atoms with Crippen LogP contribution in [0.5, 0.6) is 0 Å². The minimum Gasteiger partial charge on any atom is -0.330 e. The van der Waals surface area contributed by atoms with Crippen LogP contribution in [0, 0.1) is 6.92 Å². The largest absolute Gasteiger partial charge is 0.330 e. The van der Waals surface area contributed by atoms with E-state index in [0.29, 0.717) is 6.54 Å². The normalized spacial score (nSPS) is 11.8. The third-order valence-corrected chi connectivity index (χ3v) is 5.53. The third kappa shape index (κ3) is 3.07. The lowest BCUT2D eigenvalue weighted by Crippen LogP contribution is -2.21. The quantitative estimate of drug-likeness (QED) is 0.890. The van der Waals surface area contributed by atoms with Crippen LogP contribution in [0.4, 0.5) is 0 Å². The summed E-state index contributed by atoms with van der Waals surface area (Å²) in [6.07, 6.45) is 0.978. The van der Waals surface area contributed by atoms with E-state index in [1.807, 2.05) is 12.1 Å². The zero-order valence-electron chi connectivity index (χ0n) is 11.5. The molecule has 2 rings (SSSR count). The van der Waals surface area contributed by atoms with Gasteiger partial charge in [-0.2, -0.15) is 0 Å². The van der Waals surface area contributed by atoms with E-state index in [9.17, 15) is 0 Å². The highest BCUT2D eigenvalue weighted by molar-refractivity contribution is 9.10. The second-order valence-corrected chi connectivity index (χ2v) is 7.19. The van der Waals surface area contributed by atoms with Gasteiger partial charge in [0.25, 0.3) is 0 Å². The fourth-order valence-electron chi connectivity index (χ4n) is 2.25. The summed E-state index contributed by atoms with van der Waals surface area (Å²) >= 11 is 5.37. The van der Waals surface area contributed by atoms with E-state index in [1.54, 1.807) is 11.3 Å². The van der Waals surface area contributed by atoms with Gasteiger partial charge in [-0.05, 0) is 26.0 Å². The number of benzene rings is 1. The van der Waals surface area contributed by atoms with Crippen molar-refractivity contribution in [2.45, 2.75) is 32.6 Å². The van der Waals surface area contributed by atoms with Crippen molar-refractivity contribution < 1.29 is 0 Å². The van der Waals surface area contributed by atoms with Gasteiger partial charge in [0, 0.05) is 20.3 Å². The summed E-state index contributed by atoms with van der Waals surface area (Å²) in [5, 5.41) is 1.07. The molecule has 0 unspecified atom stereocenters. The molecule has 102 valence electrons. The summed E-state index contributed by atoms with van der Waals surface area (Å²) in [6.45, 7) is 7.27. The van der Waals surface area contributed by atoms with E-state index < -0.39 is 0 Å². The highest BCUT2D eigenvalue weighted by atomic mass is 79.9. The van der Waals surface area contributed by atoms with Gasteiger partial charge in [0.2, 0.25) is 0 Å². The molecule has 0 aliphatic carbocycles. The van der Waals surface area contributed by atoms with Crippen molar-refractivity contribution in [2.75, 3.05) is 6.54 Å². The maximum Gasteiger partial charge on any atom is 0.125 e. The zero-order valence-corrected chi connectivity index (χ0v) is 13.9. The molecule has 0 aliphatic heterocycles. The van der Waals surface area contributed by atoms with Gasteiger partial charge < -0.3 is 5.73 Å². The van der Waals surface area contributed by atoms with Crippen molar-refractivity contribution in [1.82, 2.24) is 4.98 Å². The Balaban J connectivity index is 2.45. The van der Waals surface area contributed by atoms with Crippen molar-refractivity contribution in [3.05, 3.63) is 39.3 Å². The van der Waals surface area contributed by atoms with Crippen molar-refractivity contribution in [1.29, 1.82) is 0 Å². The first-order valence-corrected chi connectivity index (χ1v) is 7.99. The van der Waals surface area contributed by atoms with Crippen LogP contribution in [0.3, 0.4) is 0 Å². The molecule has 0 spiro atoms. The van der Waals surface area contributed by atoms with E-state index in [2.05, 4.69) is 48.8 Å². The summed E-state index contributed by atoms with van der Waals surface area (Å²) in [7, 11) is 0. The van der Waals surface area contributed by atoms with Gasteiger partial charge >= 0.3 is 0 Å². The Labute approximate surface area is 127 Å². The number of rotatable bonds is 4. The predicted octanol–water partition coefficient (Wildman–Crippen LogP) is 4.51. The van der Waals surface area contributed by atoms with Gasteiger partial charge in [-0.1, -0.05) is 48.0 Å². The summed E-state index contributed by atoms with van der Waals surface area (Å²) < 4.78 is 1.09. The van der Waals surface area contributed by atoms with Crippen molar-refractivity contribution in [2.24, 2.45) is 5.73 Å². The number of aryl methyl sites for hydroxylation is 1. The number of halogens is 1. The molecule has 0 radical (unpaired) electrons. The molecular formula is C15H19BrN2S. The lowest BCUT2D eigenvalue weighted by Gasteiger charge is -2.22. The lowest BCUT2D eigenvalue weighted by molar-refractivity contribution is 0.494. The minimum atomic E-state index is 0.0933. The Morgan fingerprint density at radius 1 is 1.32 bits per heavy atom. The molecule has 1 heterocycles. The molecule has 2 nitrogen and oxygen atoms in total. The maximum atomic E-state index is 5.72. The van der Waals surface area contributed by atoms with Gasteiger partial charge in [-0.15, -0.1) is 11.3 Å². The van der Waals surface area contributed by atoms with Crippen LogP contribution in [0.15, 0.2) is 28.7 Å². The van der Waals surface area contributed by atoms with Gasteiger partial charge in [0.1, 0.15) is 5.01 Å². The van der Waals surface area contributed by atoms with E-state index in [0.717, 1.165) is 27.2 Å². The van der Waals surface area contributed by atoms with Crippen LogP contribution < -0.4 is 5.73 Å². The van der Waals surface area contributed by atoms with Gasteiger partial charge in [0.05, 0.1) is 5.69 Å². The molecule has 1 aromatic carbocycles. The van der Waals surface area contributed by atoms with Crippen LogP contribution in [-0.2, 0) is 5.41 Å². The monoisotopic (exact) mass is 338 g/mol. The molecule has 0 aliphatic rings. The molecule has 1 aromatic heterocycles. The molecule has 0 saturated carbocycles. The average Bonchev–Trinajstić information content (AvgIpc) is 2.72. The van der Waals surface area contributed by atoms with Gasteiger partial charge in [0.15, 0.2) is 0 Å². The SMILES string of the molecule is Cc1nc(-c2ccccc2Br)sc1C(C)(C)CCN. The Bertz CT molecular complexity index is 575. The first-order valence-electron chi connectivity index (χ1n) is 6.38. The second-order valence-electron chi connectivity index (χ2n) is 5.34. The Hall–Kier alpha value is -0.710. The fourth-order valence-corrected chi connectivity index (χ4v) is 4.09. The van der Waals surface area contributed by atoms with Crippen LogP contribution in [0.1, 0.15) is 30.8 Å². The molecule has 2 aromatic rings. The summed E-state index contributed by atoms with van der Waals surface area (Å²) in [6, 6.07) is 8.22. The van der Waals surface area contributed by atoms with Crippen LogP contribution in [0.2, 0.25) is 0 Å². The molecule has 0 saturated heterocycles. The number of nitrogens with two attached hydrogens (primary N) is 1. The number of hydrogen-bond donors (Lipinski definition) is 1. The summed E-state index contributed by atoms with van der Waals surface area (Å²) in [4.78, 5) is 6.07. The van der Waals surface area contributed by atoms with Crippen LogP contribution >= 0.6 is 27.3 Å². The van der Waals surface area contributed by atoms with Gasteiger partial charge in [-0.25, -0.2) is 4.98 Å². The lowest BCUT2D eigenvalue weighted by atomic mass is 9.87. The van der Waals surface area contributed by atoms with Gasteiger partial charge in [-0.3, -0.25) is 0 Å². The third-order valence-electron chi connectivity index (χ3n) is 3.28. The number of aromatic nitrogens is 1. The topological polar surface area (TPSA) is 38.9 Å². The molecule has 19 heavy (non-hydrogen) atoms. The molecular weight excluding hydrogens is 320 g/mol. The first kappa shape index (κ1) is 14.7. The number of nitrogens with zero attached hydrogens (tertiary/aromatic N) is 1. The van der Waals surface area contributed by atoms with E-state index >= 15 is 0 Å². The molecule has 0 bridgehead atoms. The van der Waals surface area contributed by atoms with Crippen molar-refractivity contribution in [3.63, 3.8) is 0 Å². The predicted molar refractivity (Wildman–Crippen MR) is 86.7 cm³/mol. The fraction of sp³-hybridized carbons (Fsp3) is 0.400. The summed E-state index contributed by atoms with van der Waals surface area (Å²) in [5.41, 5.74) is 8.09. The Morgan fingerprint density at radius 3 is 2.63 bits per heavy atom. The zero-order chi connectivity index (χ0) is 14.0. The van der Waals surface area contributed by atoms with Crippen molar-refractivity contribution in [3.8, 4) is 10.6 Å². The first-order chi connectivity index (χ1) is 8.95. The molecule has 4 heteroatoms. The van der Waals surface area contributed by atoms with Crippen molar-refractivity contribution >= 4 is 27.3 Å². The summed E-state index contributed by atoms with van der Waals surface area (Å²) in [5.74, 6) is 0. The van der Waals surface area contributed by atoms with E-state index in [1.165, 1.54) is 4.88 Å². The van der Waals surface area contributed by atoms with E-state index in [4.69, 9.17) is 10.7 Å². The molecule has 0 amide bonds.